The van der Waals surface area contributed by atoms with Crippen molar-refractivity contribution in [2.75, 3.05) is 0 Å². The van der Waals surface area contributed by atoms with Crippen molar-refractivity contribution in [3.05, 3.63) is 22.6 Å². The highest BCUT2D eigenvalue weighted by Crippen LogP contribution is 2.17. The fraction of sp³-hybridized carbons (Fsp3) is 0.400. The summed E-state index contributed by atoms with van der Waals surface area (Å²) in [5.41, 5.74) is 0.294. The third-order valence-electron chi connectivity index (χ3n) is 2.04. The van der Waals surface area contributed by atoms with E-state index in [2.05, 4.69) is 21.2 Å². The molecule has 1 aromatic rings. The molecule has 0 bridgehead atoms. The van der Waals surface area contributed by atoms with Gasteiger partial charge in [0.15, 0.2) is 4.67 Å². The maximum absolute atomic E-state index is 11.7. The van der Waals surface area contributed by atoms with Gasteiger partial charge in [0, 0.05) is 0 Å². The number of hydrogen-bond acceptors (Lipinski definition) is 3. The van der Waals surface area contributed by atoms with Crippen LogP contribution in [0.4, 0.5) is 0 Å². The molecule has 0 spiro atoms. The average Bonchev–Trinajstić information content (AvgIpc) is 2.63. The summed E-state index contributed by atoms with van der Waals surface area (Å²) in [6.07, 6.45) is 2.44. The second kappa shape index (κ2) is 5.69. The number of carboxylic acid groups (broad SMARTS) is 1. The Morgan fingerprint density at radius 2 is 2.31 bits per heavy atom. The molecule has 0 fully saturated rings. The number of carboxylic acids is 1. The molecule has 88 valence electrons. The minimum Gasteiger partial charge on any atom is -0.480 e. The van der Waals surface area contributed by atoms with Crippen LogP contribution in [0.15, 0.2) is 21.4 Å². The Kier molecular flexibility index (Phi) is 4.54. The van der Waals surface area contributed by atoms with E-state index in [0.29, 0.717) is 23.1 Å². The maximum Gasteiger partial charge on any atom is 0.326 e. The van der Waals surface area contributed by atoms with Gasteiger partial charge in [-0.25, -0.2) is 4.79 Å². The summed E-state index contributed by atoms with van der Waals surface area (Å²) in [5.74, 6) is -1.49. The van der Waals surface area contributed by atoms with Crippen LogP contribution in [0.2, 0.25) is 0 Å². The number of nitrogens with one attached hydrogen (secondary N) is 1. The number of amides is 1. The Bertz CT molecular complexity index is 388. The number of furan rings is 1. The van der Waals surface area contributed by atoms with Crippen LogP contribution < -0.4 is 5.32 Å². The van der Waals surface area contributed by atoms with E-state index in [9.17, 15) is 9.59 Å². The van der Waals surface area contributed by atoms with Gasteiger partial charge in [0.1, 0.15) is 6.04 Å². The fourth-order valence-corrected chi connectivity index (χ4v) is 1.66. The minimum atomic E-state index is -1.03. The molecule has 1 heterocycles. The van der Waals surface area contributed by atoms with Crippen LogP contribution in [-0.4, -0.2) is 23.0 Å². The van der Waals surface area contributed by atoms with Crippen LogP contribution in [-0.2, 0) is 4.79 Å². The SMILES string of the molecule is CCC[C@@H](NC(=O)c1ccoc1Br)C(=O)O. The summed E-state index contributed by atoms with van der Waals surface area (Å²) in [7, 11) is 0. The Labute approximate surface area is 101 Å². The van der Waals surface area contributed by atoms with Crippen LogP contribution in [0, 0.1) is 0 Å². The molecule has 16 heavy (non-hydrogen) atoms. The van der Waals surface area contributed by atoms with Gasteiger partial charge in [0.05, 0.1) is 11.8 Å². The number of hydrogen-bond donors (Lipinski definition) is 2. The molecule has 5 nitrogen and oxygen atoms in total. The van der Waals surface area contributed by atoms with E-state index in [4.69, 9.17) is 9.52 Å². The van der Waals surface area contributed by atoms with Gasteiger partial charge in [-0.15, -0.1) is 0 Å². The zero-order valence-electron chi connectivity index (χ0n) is 8.70. The Morgan fingerprint density at radius 1 is 1.62 bits per heavy atom. The number of aliphatic carboxylic acids is 1. The zero-order chi connectivity index (χ0) is 12.1. The molecule has 6 heteroatoms. The number of rotatable bonds is 5. The van der Waals surface area contributed by atoms with Gasteiger partial charge in [-0.2, -0.15) is 0 Å². The predicted octanol–water partition coefficient (Wildman–Crippen LogP) is 2.03. The summed E-state index contributed by atoms with van der Waals surface area (Å²) in [4.78, 5) is 22.5. The van der Waals surface area contributed by atoms with E-state index >= 15 is 0 Å². The van der Waals surface area contributed by atoms with Crippen molar-refractivity contribution in [3.63, 3.8) is 0 Å². The van der Waals surface area contributed by atoms with E-state index in [1.165, 1.54) is 12.3 Å². The van der Waals surface area contributed by atoms with E-state index in [1.54, 1.807) is 0 Å². The standard InChI is InChI=1S/C10H12BrNO4/c1-2-3-7(10(14)15)12-9(13)6-4-5-16-8(6)11/h4-5,7H,2-3H2,1H3,(H,12,13)(H,14,15)/t7-/m1/s1. The molecule has 0 aliphatic carbocycles. The number of carbonyl (C=O) groups is 2. The van der Waals surface area contributed by atoms with Crippen molar-refractivity contribution in [2.45, 2.75) is 25.8 Å². The molecule has 2 N–H and O–H groups in total. The molecule has 0 saturated carbocycles. The molecule has 1 amide bonds. The summed E-state index contributed by atoms with van der Waals surface area (Å²) < 4.78 is 5.19. The highest BCUT2D eigenvalue weighted by molar-refractivity contribution is 9.10. The van der Waals surface area contributed by atoms with Crippen LogP contribution in [0.25, 0.3) is 0 Å². The predicted molar refractivity (Wildman–Crippen MR) is 60.2 cm³/mol. The fourth-order valence-electron chi connectivity index (χ4n) is 1.24. The Hall–Kier alpha value is -1.30. The minimum absolute atomic E-state index is 0.294. The lowest BCUT2D eigenvalue weighted by molar-refractivity contribution is -0.139. The first-order chi connectivity index (χ1) is 7.56. The Morgan fingerprint density at radius 3 is 2.75 bits per heavy atom. The second-order valence-electron chi connectivity index (χ2n) is 3.26. The first-order valence-electron chi connectivity index (χ1n) is 4.83. The normalized spacial score (nSPS) is 12.1. The largest absolute Gasteiger partial charge is 0.480 e. The monoisotopic (exact) mass is 289 g/mol. The molecule has 1 aromatic heterocycles. The molecule has 1 rings (SSSR count). The Balaban J connectivity index is 2.69. The molecule has 0 aliphatic heterocycles. The third-order valence-corrected chi connectivity index (χ3v) is 2.66. The number of carbonyl (C=O) groups excluding carboxylic acids is 1. The van der Waals surface area contributed by atoms with Gasteiger partial charge < -0.3 is 14.8 Å². The highest BCUT2D eigenvalue weighted by Gasteiger charge is 2.21. The van der Waals surface area contributed by atoms with Gasteiger partial charge >= 0.3 is 5.97 Å². The summed E-state index contributed by atoms with van der Waals surface area (Å²) in [6.45, 7) is 1.86. The van der Waals surface area contributed by atoms with E-state index < -0.39 is 17.9 Å². The maximum atomic E-state index is 11.7. The lowest BCUT2D eigenvalue weighted by Crippen LogP contribution is -2.40. The van der Waals surface area contributed by atoms with Crippen molar-refractivity contribution >= 4 is 27.8 Å². The van der Waals surface area contributed by atoms with Gasteiger partial charge in [-0.05, 0) is 28.4 Å². The summed E-state index contributed by atoms with van der Waals surface area (Å²) >= 11 is 3.06. The lowest BCUT2D eigenvalue weighted by atomic mass is 10.1. The molecule has 0 saturated heterocycles. The molecule has 0 unspecified atom stereocenters. The second-order valence-corrected chi connectivity index (χ2v) is 3.98. The van der Waals surface area contributed by atoms with E-state index in [-0.39, 0.29) is 0 Å². The average molecular weight is 290 g/mol. The van der Waals surface area contributed by atoms with Crippen molar-refractivity contribution < 1.29 is 19.1 Å². The zero-order valence-corrected chi connectivity index (χ0v) is 10.3. The van der Waals surface area contributed by atoms with Crippen LogP contribution in [0.5, 0.6) is 0 Å². The lowest BCUT2D eigenvalue weighted by Gasteiger charge is -2.12. The van der Waals surface area contributed by atoms with Gasteiger partial charge in [0.25, 0.3) is 5.91 Å². The third kappa shape index (κ3) is 3.10. The molecule has 1 atom stereocenters. The first kappa shape index (κ1) is 12.8. The number of halogens is 1. The molecular weight excluding hydrogens is 278 g/mol. The quantitative estimate of drug-likeness (QED) is 0.869. The van der Waals surface area contributed by atoms with E-state index in [0.717, 1.165) is 0 Å². The van der Waals surface area contributed by atoms with Crippen molar-refractivity contribution in [1.29, 1.82) is 0 Å². The topological polar surface area (TPSA) is 79.5 Å². The van der Waals surface area contributed by atoms with E-state index in [1.807, 2.05) is 6.92 Å². The van der Waals surface area contributed by atoms with Gasteiger partial charge in [0.2, 0.25) is 0 Å². The van der Waals surface area contributed by atoms with Crippen LogP contribution in [0.3, 0.4) is 0 Å². The van der Waals surface area contributed by atoms with Crippen molar-refractivity contribution in [3.8, 4) is 0 Å². The van der Waals surface area contributed by atoms with Crippen molar-refractivity contribution in [1.82, 2.24) is 5.32 Å². The summed E-state index contributed by atoms with van der Waals surface area (Å²) in [6, 6.07) is 0.615. The summed E-state index contributed by atoms with van der Waals surface area (Å²) in [5, 5.41) is 11.3. The molecule has 0 aliphatic rings. The van der Waals surface area contributed by atoms with Crippen molar-refractivity contribution in [2.24, 2.45) is 0 Å². The molecule has 0 aromatic carbocycles. The highest BCUT2D eigenvalue weighted by atomic mass is 79.9. The van der Waals surface area contributed by atoms with Gasteiger partial charge in [-0.3, -0.25) is 4.79 Å². The van der Waals surface area contributed by atoms with Crippen LogP contribution >= 0.6 is 15.9 Å². The van der Waals surface area contributed by atoms with Crippen LogP contribution in [0.1, 0.15) is 30.1 Å². The first-order valence-corrected chi connectivity index (χ1v) is 5.62. The molecule has 0 radical (unpaired) electrons. The van der Waals surface area contributed by atoms with Gasteiger partial charge in [-0.1, -0.05) is 13.3 Å². The molecular formula is C10H12BrNO4. The smallest absolute Gasteiger partial charge is 0.326 e.